The summed E-state index contributed by atoms with van der Waals surface area (Å²) in [5, 5.41) is 8.98. The van der Waals surface area contributed by atoms with Gasteiger partial charge < -0.3 is 10.1 Å². The molecule has 2 heterocycles. The highest BCUT2D eigenvalue weighted by Gasteiger charge is 2.16. The Morgan fingerprint density at radius 2 is 2.12 bits per heavy atom. The molecule has 0 amide bonds. The van der Waals surface area contributed by atoms with E-state index < -0.39 is 16.0 Å². The summed E-state index contributed by atoms with van der Waals surface area (Å²) in [5.74, 6) is -1.08. The summed E-state index contributed by atoms with van der Waals surface area (Å²) in [6.07, 6.45) is 2.83. The molecule has 0 spiro atoms. The quantitative estimate of drug-likeness (QED) is 0.786. The van der Waals surface area contributed by atoms with Gasteiger partial charge in [-0.25, -0.2) is 13.2 Å². The van der Waals surface area contributed by atoms with Crippen molar-refractivity contribution in [1.82, 2.24) is 4.98 Å². The van der Waals surface area contributed by atoms with Gasteiger partial charge in [-0.15, -0.1) is 11.3 Å². The molecule has 0 saturated carbocycles. The van der Waals surface area contributed by atoms with Gasteiger partial charge in [-0.05, 0) is 18.2 Å². The molecule has 0 unspecified atom stereocenters. The van der Waals surface area contributed by atoms with Crippen LogP contribution in [0.3, 0.4) is 0 Å². The van der Waals surface area contributed by atoms with Gasteiger partial charge in [-0.3, -0.25) is 4.72 Å². The lowest BCUT2D eigenvalue weighted by atomic mass is 10.5. The first kappa shape index (κ1) is 11.7. The Morgan fingerprint density at radius 3 is 2.65 bits per heavy atom. The summed E-state index contributed by atoms with van der Waals surface area (Å²) >= 11 is 0.865. The minimum Gasteiger partial charge on any atom is -0.477 e. The first-order valence-corrected chi connectivity index (χ1v) is 6.78. The van der Waals surface area contributed by atoms with Crippen molar-refractivity contribution < 1.29 is 18.3 Å². The molecule has 8 heteroatoms. The van der Waals surface area contributed by atoms with Gasteiger partial charge >= 0.3 is 5.97 Å². The summed E-state index contributed by atoms with van der Waals surface area (Å²) in [5.41, 5.74) is 0. The molecule has 3 N–H and O–H groups in total. The van der Waals surface area contributed by atoms with Crippen LogP contribution in [-0.4, -0.2) is 24.5 Å². The van der Waals surface area contributed by atoms with Crippen molar-refractivity contribution in [1.29, 1.82) is 0 Å². The van der Waals surface area contributed by atoms with E-state index in [4.69, 9.17) is 5.11 Å². The van der Waals surface area contributed by atoms with Gasteiger partial charge in [0.05, 0.1) is 0 Å². The third-order valence-corrected chi connectivity index (χ3v) is 4.41. The Kier molecular flexibility index (Phi) is 2.90. The third kappa shape index (κ3) is 2.48. The van der Waals surface area contributed by atoms with E-state index in [2.05, 4.69) is 9.71 Å². The third-order valence-electron chi connectivity index (χ3n) is 1.93. The Morgan fingerprint density at radius 1 is 1.35 bits per heavy atom. The molecule has 0 aromatic carbocycles. The van der Waals surface area contributed by atoms with Gasteiger partial charge in [-0.1, -0.05) is 0 Å². The maximum absolute atomic E-state index is 11.8. The first-order valence-electron chi connectivity index (χ1n) is 4.48. The van der Waals surface area contributed by atoms with Crippen molar-refractivity contribution in [3.63, 3.8) is 0 Å². The highest BCUT2D eigenvalue weighted by Crippen LogP contribution is 2.24. The molecule has 2 aromatic heterocycles. The van der Waals surface area contributed by atoms with Crippen molar-refractivity contribution in [2.75, 3.05) is 4.72 Å². The van der Waals surface area contributed by atoms with E-state index in [0.29, 0.717) is 0 Å². The number of aromatic carboxylic acids is 1. The predicted molar refractivity (Wildman–Crippen MR) is 62.9 cm³/mol. The number of sulfonamides is 1. The Bertz CT molecular complexity index is 628. The zero-order chi connectivity index (χ0) is 12.5. The molecular weight excluding hydrogens is 264 g/mol. The van der Waals surface area contributed by atoms with E-state index in [1.165, 1.54) is 30.6 Å². The van der Waals surface area contributed by atoms with Crippen LogP contribution in [0, 0.1) is 0 Å². The minimum atomic E-state index is -3.65. The second kappa shape index (κ2) is 4.22. The maximum atomic E-state index is 11.8. The number of aromatic nitrogens is 1. The molecular formula is C9H8N2O4S2. The SMILES string of the molecule is O=C(O)c1ccc(NS(=O)(=O)c2cc[nH]c2)s1. The molecule has 6 nitrogen and oxygen atoms in total. The van der Waals surface area contributed by atoms with Gasteiger partial charge in [0.2, 0.25) is 0 Å². The second-order valence-electron chi connectivity index (χ2n) is 3.12. The Balaban J connectivity index is 2.24. The summed E-state index contributed by atoms with van der Waals surface area (Å²) in [4.78, 5) is 13.5. The molecule has 17 heavy (non-hydrogen) atoms. The molecule has 0 fully saturated rings. The fourth-order valence-electron chi connectivity index (χ4n) is 1.17. The average molecular weight is 272 g/mol. The highest BCUT2D eigenvalue weighted by atomic mass is 32.2. The number of hydrogen-bond donors (Lipinski definition) is 3. The molecule has 0 aliphatic carbocycles. The van der Waals surface area contributed by atoms with Crippen molar-refractivity contribution >= 4 is 32.3 Å². The van der Waals surface area contributed by atoms with Crippen molar-refractivity contribution in [2.45, 2.75) is 4.90 Å². The number of aromatic amines is 1. The molecule has 90 valence electrons. The molecule has 0 saturated heterocycles. The first-order chi connectivity index (χ1) is 7.99. The van der Waals surface area contributed by atoms with E-state index in [1.54, 1.807) is 0 Å². The second-order valence-corrected chi connectivity index (χ2v) is 5.89. The van der Waals surface area contributed by atoms with Crippen LogP contribution in [0.15, 0.2) is 35.5 Å². The number of carbonyl (C=O) groups is 1. The average Bonchev–Trinajstić information content (AvgIpc) is 2.85. The van der Waals surface area contributed by atoms with Crippen LogP contribution in [0.4, 0.5) is 5.00 Å². The molecule has 0 aliphatic rings. The predicted octanol–water partition coefficient (Wildman–Crippen LogP) is 1.58. The number of carboxylic acids is 1. The highest BCUT2D eigenvalue weighted by molar-refractivity contribution is 7.93. The standard InChI is InChI=1S/C9H8N2O4S2/c12-9(13)7-1-2-8(16-7)11-17(14,15)6-3-4-10-5-6/h1-5,10-11H,(H,12,13). The molecule has 0 radical (unpaired) electrons. The van der Waals surface area contributed by atoms with Crippen molar-refractivity contribution in [3.05, 3.63) is 35.5 Å². The lowest BCUT2D eigenvalue weighted by Gasteiger charge is -2.02. The summed E-state index contributed by atoms with van der Waals surface area (Å²) in [7, 11) is -3.65. The minimum absolute atomic E-state index is 0.0803. The molecule has 0 aliphatic heterocycles. The van der Waals surface area contributed by atoms with Gasteiger partial charge in [0.1, 0.15) is 14.8 Å². The number of nitrogens with one attached hydrogen (secondary N) is 2. The van der Waals surface area contributed by atoms with Crippen LogP contribution in [0.5, 0.6) is 0 Å². The molecule has 0 atom stereocenters. The van der Waals surface area contributed by atoms with Crippen molar-refractivity contribution in [2.24, 2.45) is 0 Å². The van der Waals surface area contributed by atoms with Gasteiger partial charge in [-0.2, -0.15) is 0 Å². The van der Waals surface area contributed by atoms with E-state index >= 15 is 0 Å². The number of anilines is 1. The van der Waals surface area contributed by atoms with Crippen LogP contribution < -0.4 is 4.72 Å². The lowest BCUT2D eigenvalue weighted by molar-refractivity contribution is 0.0702. The topological polar surface area (TPSA) is 99.3 Å². The zero-order valence-corrected chi connectivity index (χ0v) is 10.0. The number of hydrogen-bond acceptors (Lipinski definition) is 4. The zero-order valence-electron chi connectivity index (χ0n) is 8.38. The van der Waals surface area contributed by atoms with Crippen LogP contribution in [-0.2, 0) is 10.0 Å². The van der Waals surface area contributed by atoms with Gasteiger partial charge in [0.15, 0.2) is 0 Å². The van der Waals surface area contributed by atoms with Crippen LogP contribution in [0.2, 0.25) is 0 Å². The van der Waals surface area contributed by atoms with Crippen molar-refractivity contribution in [3.8, 4) is 0 Å². The van der Waals surface area contributed by atoms with Crippen LogP contribution in [0.1, 0.15) is 9.67 Å². The smallest absolute Gasteiger partial charge is 0.345 e. The maximum Gasteiger partial charge on any atom is 0.345 e. The molecule has 0 bridgehead atoms. The number of H-pyrrole nitrogens is 1. The van der Waals surface area contributed by atoms with E-state index in [9.17, 15) is 13.2 Å². The van der Waals surface area contributed by atoms with Gasteiger partial charge in [0.25, 0.3) is 10.0 Å². The monoisotopic (exact) mass is 272 g/mol. The van der Waals surface area contributed by atoms with Crippen LogP contribution >= 0.6 is 11.3 Å². The number of thiophene rings is 1. The van der Waals surface area contributed by atoms with Gasteiger partial charge in [0, 0.05) is 12.4 Å². The molecule has 2 rings (SSSR count). The van der Waals surface area contributed by atoms with Crippen LogP contribution in [0.25, 0.3) is 0 Å². The molecule has 2 aromatic rings. The van der Waals surface area contributed by atoms with E-state index in [1.807, 2.05) is 0 Å². The summed E-state index contributed by atoms with van der Waals surface area (Å²) < 4.78 is 25.8. The number of rotatable bonds is 4. The lowest BCUT2D eigenvalue weighted by Crippen LogP contribution is -2.10. The number of carboxylic acid groups (broad SMARTS) is 1. The van der Waals surface area contributed by atoms with E-state index in [-0.39, 0.29) is 14.8 Å². The van der Waals surface area contributed by atoms with E-state index in [0.717, 1.165) is 11.3 Å². The Hall–Kier alpha value is -1.80. The fraction of sp³-hybridized carbons (Fsp3) is 0. The fourth-order valence-corrected chi connectivity index (χ4v) is 3.19. The largest absolute Gasteiger partial charge is 0.477 e. The normalized spacial score (nSPS) is 11.3. The summed E-state index contributed by atoms with van der Waals surface area (Å²) in [6.45, 7) is 0. The Labute approximate surface area is 101 Å². The summed E-state index contributed by atoms with van der Waals surface area (Å²) in [6, 6.07) is 4.17.